The number of rotatable bonds is 1. The SMILES string of the molecule is Cc1c2cnn(-c3ccccc3)c2nc[n+]1[O-]. The zero-order chi connectivity index (χ0) is 11.8. The Morgan fingerprint density at radius 1 is 1.24 bits per heavy atom. The zero-order valence-electron chi connectivity index (χ0n) is 9.24. The predicted molar refractivity (Wildman–Crippen MR) is 62.6 cm³/mol. The van der Waals surface area contributed by atoms with Crippen molar-refractivity contribution in [2.24, 2.45) is 0 Å². The molecule has 0 aliphatic rings. The molecule has 0 atom stereocenters. The fourth-order valence-electron chi connectivity index (χ4n) is 1.79. The van der Waals surface area contributed by atoms with Crippen LogP contribution in [0.5, 0.6) is 0 Å². The number of hydrogen-bond donors (Lipinski definition) is 0. The standard InChI is InChI=1S/C12H10N4O/c1-9-11-7-14-16(10-5-3-2-4-6-10)12(11)13-8-15(9)17/h2-8H,1H3. The molecule has 0 saturated carbocycles. The molecule has 84 valence electrons. The van der Waals surface area contributed by atoms with Crippen molar-refractivity contribution >= 4 is 11.0 Å². The van der Waals surface area contributed by atoms with E-state index in [9.17, 15) is 5.21 Å². The second-order valence-corrected chi connectivity index (χ2v) is 3.78. The normalized spacial score (nSPS) is 10.9. The summed E-state index contributed by atoms with van der Waals surface area (Å²) in [5, 5.41) is 16.4. The summed E-state index contributed by atoms with van der Waals surface area (Å²) in [6.07, 6.45) is 2.93. The van der Waals surface area contributed by atoms with Crippen molar-refractivity contribution in [2.45, 2.75) is 6.92 Å². The van der Waals surface area contributed by atoms with Gasteiger partial charge in [0.25, 0.3) is 12.0 Å². The largest absolute Gasteiger partial charge is 0.711 e. The van der Waals surface area contributed by atoms with Gasteiger partial charge in [-0.25, -0.2) is 4.73 Å². The highest BCUT2D eigenvalue weighted by Gasteiger charge is 2.14. The quantitative estimate of drug-likeness (QED) is 0.465. The summed E-state index contributed by atoms with van der Waals surface area (Å²) in [4.78, 5) is 4.13. The summed E-state index contributed by atoms with van der Waals surface area (Å²) in [6, 6.07) is 9.71. The third kappa shape index (κ3) is 1.44. The van der Waals surface area contributed by atoms with Crippen molar-refractivity contribution in [1.29, 1.82) is 0 Å². The van der Waals surface area contributed by atoms with Crippen molar-refractivity contribution in [3.8, 4) is 5.69 Å². The van der Waals surface area contributed by atoms with Gasteiger partial charge in [-0.2, -0.15) is 9.78 Å². The van der Waals surface area contributed by atoms with E-state index in [4.69, 9.17) is 0 Å². The number of aryl methyl sites for hydroxylation is 1. The molecule has 0 bridgehead atoms. The summed E-state index contributed by atoms with van der Waals surface area (Å²) in [6.45, 7) is 1.76. The van der Waals surface area contributed by atoms with E-state index in [1.165, 1.54) is 6.33 Å². The molecule has 17 heavy (non-hydrogen) atoms. The average molecular weight is 226 g/mol. The third-order valence-electron chi connectivity index (χ3n) is 2.75. The zero-order valence-corrected chi connectivity index (χ0v) is 9.24. The molecule has 5 heteroatoms. The van der Waals surface area contributed by atoms with Crippen LogP contribution < -0.4 is 4.73 Å². The topological polar surface area (TPSA) is 57.7 Å². The molecule has 5 nitrogen and oxygen atoms in total. The van der Waals surface area contributed by atoms with Gasteiger partial charge >= 0.3 is 0 Å². The second kappa shape index (κ2) is 3.55. The van der Waals surface area contributed by atoms with Gasteiger partial charge in [0, 0.05) is 0 Å². The van der Waals surface area contributed by atoms with Gasteiger partial charge in [0.1, 0.15) is 11.1 Å². The van der Waals surface area contributed by atoms with Gasteiger partial charge in [0.05, 0.1) is 11.9 Å². The fourth-order valence-corrected chi connectivity index (χ4v) is 1.79. The highest BCUT2D eigenvalue weighted by atomic mass is 16.5. The van der Waals surface area contributed by atoms with Crippen LogP contribution in [0, 0.1) is 12.1 Å². The van der Waals surface area contributed by atoms with Crippen LogP contribution >= 0.6 is 0 Å². The Kier molecular flexibility index (Phi) is 2.04. The third-order valence-corrected chi connectivity index (χ3v) is 2.75. The minimum absolute atomic E-state index is 0.609. The smallest absolute Gasteiger partial charge is 0.292 e. The Labute approximate surface area is 97.5 Å². The van der Waals surface area contributed by atoms with E-state index >= 15 is 0 Å². The first-order chi connectivity index (χ1) is 8.27. The number of hydrogen-bond acceptors (Lipinski definition) is 3. The molecule has 0 aliphatic carbocycles. The van der Waals surface area contributed by atoms with Crippen LogP contribution in [-0.4, -0.2) is 14.8 Å². The maximum absolute atomic E-state index is 11.4. The Bertz CT molecular complexity index is 676. The Morgan fingerprint density at radius 3 is 2.76 bits per heavy atom. The molecule has 0 aliphatic heterocycles. The molecule has 0 N–H and O–H groups in total. The lowest BCUT2D eigenvalue weighted by Gasteiger charge is -2.03. The maximum atomic E-state index is 11.4. The lowest BCUT2D eigenvalue weighted by molar-refractivity contribution is -0.613. The summed E-state index contributed by atoms with van der Waals surface area (Å²) >= 11 is 0. The van der Waals surface area contributed by atoms with Gasteiger partial charge in [0.2, 0.25) is 0 Å². The minimum Gasteiger partial charge on any atom is -0.711 e. The number of benzene rings is 1. The van der Waals surface area contributed by atoms with E-state index in [0.29, 0.717) is 11.3 Å². The van der Waals surface area contributed by atoms with Gasteiger partial charge in [0.15, 0.2) is 0 Å². The van der Waals surface area contributed by atoms with Crippen molar-refractivity contribution in [2.75, 3.05) is 0 Å². The molecule has 0 amide bonds. The molecule has 0 fully saturated rings. The van der Waals surface area contributed by atoms with Crippen LogP contribution in [0.15, 0.2) is 42.9 Å². The molecule has 0 spiro atoms. The van der Waals surface area contributed by atoms with E-state index in [2.05, 4.69) is 10.1 Å². The Hall–Kier alpha value is -2.43. The van der Waals surface area contributed by atoms with Gasteiger partial charge < -0.3 is 5.21 Å². The molecular formula is C12H10N4O. The molecule has 2 aromatic heterocycles. The van der Waals surface area contributed by atoms with Gasteiger partial charge in [-0.15, -0.1) is 0 Å². The molecule has 3 rings (SSSR count). The van der Waals surface area contributed by atoms with Crippen molar-refractivity contribution in [3.63, 3.8) is 0 Å². The molecule has 1 aromatic carbocycles. The summed E-state index contributed by atoms with van der Waals surface area (Å²) in [5.74, 6) is 0. The van der Waals surface area contributed by atoms with E-state index in [1.807, 2.05) is 30.3 Å². The van der Waals surface area contributed by atoms with Crippen LogP contribution in [0.1, 0.15) is 5.69 Å². The molecule has 0 radical (unpaired) electrons. The van der Waals surface area contributed by atoms with Gasteiger partial charge in [-0.3, -0.25) is 0 Å². The van der Waals surface area contributed by atoms with Crippen molar-refractivity contribution in [3.05, 3.63) is 53.8 Å². The number of nitrogens with zero attached hydrogens (tertiary/aromatic N) is 4. The highest BCUT2D eigenvalue weighted by molar-refractivity contribution is 5.77. The highest BCUT2D eigenvalue weighted by Crippen LogP contribution is 2.16. The summed E-state index contributed by atoms with van der Waals surface area (Å²) < 4.78 is 2.47. The van der Waals surface area contributed by atoms with Crippen LogP contribution in [0.4, 0.5) is 0 Å². The second-order valence-electron chi connectivity index (χ2n) is 3.78. The number of fused-ring (bicyclic) bond motifs is 1. The van der Waals surface area contributed by atoms with E-state index in [-0.39, 0.29) is 0 Å². The first-order valence-electron chi connectivity index (χ1n) is 5.25. The lowest BCUT2D eigenvalue weighted by atomic mass is 10.3. The molecule has 0 saturated heterocycles. The van der Waals surface area contributed by atoms with E-state index < -0.39 is 0 Å². The minimum atomic E-state index is 0.609. The predicted octanol–water partition coefficient (Wildman–Crippen LogP) is 1.36. The Morgan fingerprint density at radius 2 is 2.00 bits per heavy atom. The lowest BCUT2D eigenvalue weighted by Crippen LogP contribution is -2.30. The van der Waals surface area contributed by atoms with Crippen LogP contribution in [-0.2, 0) is 0 Å². The number of para-hydroxylation sites is 1. The van der Waals surface area contributed by atoms with E-state index in [0.717, 1.165) is 15.8 Å². The first-order valence-corrected chi connectivity index (χ1v) is 5.25. The Balaban J connectivity index is 2.30. The molecule has 0 unspecified atom stereocenters. The van der Waals surface area contributed by atoms with Gasteiger partial charge in [-0.05, 0) is 24.0 Å². The summed E-state index contributed by atoms with van der Waals surface area (Å²) in [7, 11) is 0. The van der Waals surface area contributed by atoms with Crippen LogP contribution in [0.3, 0.4) is 0 Å². The van der Waals surface area contributed by atoms with Crippen molar-refractivity contribution in [1.82, 2.24) is 14.8 Å². The van der Waals surface area contributed by atoms with Crippen molar-refractivity contribution < 1.29 is 4.73 Å². The first kappa shape index (κ1) is 9.77. The monoisotopic (exact) mass is 226 g/mol. The van der Waals surface area contributed by atoms with Gasteiger partial charge in [-0.1, -0.05) is 18.2 Å². The molecular weight excluding hydrogens is 216 g/mol. The maximum Gasteiger partial charge on any atom is 0.292 e. The van der Waals surface area contributed by atoms with E-state index in [1.54, 1.807) is 17.8 Å². The molecule has 2 heterocycles. The van der Waals surface area contributed by atoms with Crippen LogP contribution in [0.2, 0.25) is 0 Å². The molecule has 3 aromatic rings. The fraction of sp³-hybridized carbons (Fsp3) is 0.0833. The number of aromatic nitrogens is 4. The van der Waals surface area contributed by atoms with Crippen LogP contribution in [0.25, 0.3) is 16.7 Å². The summed E-state index contributed by atoms with van der Waals surface area (Å²) in [5.41, 5.74) is 2.23. The average Bonchev–Trinajstić information content (AvgIpc) is 2.79.